The Morgan fingerprint density at radius 1 is 0.828 bits per heavy atom. The van der Waals surface area contributed by atoms with E-state index < -0.39 is 12.2 Å². The fourth-order valence-corrected chi connectivity index (χ4v) is 3.26. The molecule has 2 N–H and O–H groups in total. The van der Waals surface area contributed by atoms with Crippen LogP contribution in [0.15, 0.2) is 48.5 Å². The smallest absolute Gasteiger partial charge is 0.119 e. The van der Waals surface area contributed by atoms with Crippen LogP contribution in [0.25, 0.3) is 0 Å². The van der Waals surface area contributed by atoms with Gasteiger partial charge in [-0.2, -0.15) is 0 Å². The van der Waals surface area contributed by atoms with Gasteiger partial charge in [0.2, 0.25) is 0 Å². The third-order valence-electron chi connectivity index (χ3n) is 5.60. The SMILES string of the molecule is CCC(O)COc1ccc(C(C)(c2ccc(OCC(O)CCl)cc2)C(C)C)cc1. The van der Waals surface area contributed by atoms with E-state index in [1.165, 1.54) is 11.1 Å². The van der Waals surface area contributed by atoms with Crippen LogP contribution in [-0.2, 0) is 5.41 Å². The topological polar surface area (TPSA) is 58.9 Å². The number of aliphatic hydroxyl groups is 2. The van der Waals surface area contributed by atoms with E-state index in [9.17, 15) is 10.2 Å². The number of hydrogen-bond acceptors (Lipinski definition) is 4. The summed E-state index contributed by atoms with van der Waals surface area (Å²) < 4.78 is 11.3. The van der Waals surface area contributed by atoms with Gasteiger partial charge in [0, 0.05) is 5.41 Å². The van der Waals surface area contributed by atoms with Crippen molar-refractivity contribution in [1.29, 1.82) is 0 Å². The second-order valence-electron chi connectivity index (χ2n) is 7.90. The highest BCUT2D eigenvalue weighted by Crippen LogP contribution is 2.40. The molecule has 0 aliphatic heterocycles. The third-order valence-corrected chi connectivity index (χ3v) is 5.95. The van der Waals surface area contributed by atoms with Crippen molar-refractivity contribution in [3.05, 3.63) is 59.7 Å². The van der Waals surface area contributed by atoms with Gasteiger partial charge in [0.05, 0.1) is 12.0 Å². The zero-order valence-corrected chi connectivity index (χ0v) is 18.5. The number of aliphatic hydroxyl groups excluding tert-OH is 2. The maximum Gasteiger partial charge on any atom is 0.119 e. The number of hydrogen-bond donors (Lipinski definition) is 2. The molecule has 4 nitrogen and oxygen atoms in total. The lowest BCUT2D eigenvalue weighted by Crippen LogP contribution is -2.30. The molecular weight excluding hydrogens is 388 g/mol. The second-order valence-corrected chi connectivity index (χ2v) is 8.21. The molecule has 2 aromatic carbocycles. The zero-order chi connectivity index (χ0) is 21.4. The van der Waals surface area contributed by atoms with Gasteiger partial charge in [-0.25, -0.2) is 0 Å². The molecule has 0 aliphatic carbocycles. The minimum absolute atomic E-state index is 0.153. The van der Waals surface area contributed by atoms with Crippen LogP contribution in [0.4, 0.5) is 0 Å². The Bertz CT molecular complexity index is 670. The molecule has 29 heavy (non-hydrogen) atoms. The summed E-state index contributed by atoms with van der Waals surface area (Å²) in [5, 5.41) is 19.2. The van der Waals surface area contributed by atoms with Gasteiger partial charge in [-0.05, 0) is 47.7 Å². The Balaban J connectivity index is 2.18. The average molecular weight is 421 g/mol. The maximum atomic E-state index is 9.67. The van der Waals surface area contributed by atoms with E-state index in [4.69, 9.17) is 21.1 Å². The van der Waals surface area contributed by atoms with E-state index in [0.29, 0.717) is 24.7 Å². The molecule has 0 saturated carbocycles. The molecule has 2 aromatic rings. The summed E-state index contributed by atoms with van der Waals surface area (Å²) in [6.45, 7) is 9.07. The Hall–Kier alpha value is -1.75. The highest BCUT2D eigenvalue weighted by atomic mass is 35.5. The summed E-state index contributed by atoms with van der Waals surface area (Å²) in [7, 11) is 0. The normalized spacial score (nSPS) is 15.6. The Kier molecular flexibility index (Phi) is 8.81. The summed E-state index contributed by atoms with van der Waals surface area (Å²) in [5.74, 6) is 1.98. The van der Waals surface area contributed by atoms with E-state index >= 15 is 0 Å². The van der Waals surface area contributed by atoms with E-state index in [-0.39, 0.29) is 17.9 Å². The quantitative estimate of drug-likeness (QED) is 0.514. The van der Waals surface area contributed by atoms with Crippen LogP contribution in [0.1, 0.15) is 45.2 Å². The fourth-order valence-electron chi connectivity index (χ4n) is 3.18. The minimum atomic E-state index is -0.670. The molecule has 2 rings (SSSR count). The van der Waals surface area contributed by atoms with Crippen LogP contribution < -0.4 is 9.47 Å². The Labute approximate surface area is 179 Å². The van der Waals surface area contributed by atoms with E-state index in [1.54, 1.807) is 0 Å². The lowest BCUT2D eigenvalue weighted by molar-refractivity contribution is 0.104. The number of halogens is 1. The molecule has 0 aromatic heterocycles. The van der Waals surface area contributed by atoms with Crippen LogP contribution in [-0.4, -0.2) is 41.5 Å². The lowest BCUT2D eigenvalue weighted by Gasteiger charge is -2.35. The molecule has 0 fully saturated rings. The van der Waals surface area contributed by atoms with Crippen molar-refractivity contribution in [2.24, 2.45) is 5.92 Å². The van der Waals surface area contributed by atoms with Gasteiger partial charge in [-0.3, -0.25) is 0 Å². The third kappa shape index (κ3) is 6.11. The molecule has 0 aliphatic rings. The first-order valence-electron chi connectivity index (χ1n) is 10.2. The van der Waals surface area contributed by atoms with Gasteiger partial charge in [0.25, 0.3) is 0 Å². The van der Waals surface area contributed by atoms with Crippen molar-refractivity contribution < 1.29 is 19.7 Å². The fraction of sp³-hybridized carbons (Fsp3) is 0.500. The number of ether oxygens (including phenoxy) is 2. The monoisotopic (exact) mass is 420 g/mol. The van der Waals surface area contributed by atoms with Gasteiger partial charge in [-0.1, -0.05) is 52.0 Å². The number of benzene rings is 2. The van der Waals surface area contributed by atoms with Crippen molar-refractivity contribution >= 4 is 11.6 Å². The molecule has 0 heterocycles. The number of rotatable bonds is 11. The van der Waals surface area contributed by atoms with Gasteiger partial charge < -0.3 is 19.7 Å². The molecule has 0 bridgehead atoms. The first-order chi connectivity index (χ1) is 13.8. The first-order valence-corrected chi connectivity index (χ1v) is 10.7. The molecular formula is C24H33ClO4. The standard InChI is InChI=1S/C24H33ClO4/c1-5-20(26)15-28-22-10-6-18(7-11-22)24(4,17(2)3)19-8-12-23(13-9-19)29-16-21(27)14-25/h6-13,17,20-21,26-27H,5,14-16H2,1-4H3. The van der Waals surface area contributed by atoms with Crippen molar-refractivity contribution in [3.8, 4) is 11.5 Å². The average Bonchev–Trinajstić information content (AvgIpc) is 2.75. The molecule has 0 radical (unpaired) electrons. The van der Waals surface area contributed by atoms with Crippen LogP contribution in [0.3, 0.4) is 0 Å². The molecule has 0 amide bonds. The minimum Gasteiger partial charge on any atom is -0.491 e. The largest absolute Gasteiger partial charge is 0.491 e. The van der Waals surface area contributed by atoms with E-state index in [0.717, 1.165) is 5.75 Å². The summed E-state index contributed by atoms with van der Waals surface area (Å²) in [5.41, 5.74) is 2.20. The summed E-state index contributed by atoms with van der Waals surface area (Å²) >= 11 is 5.61. The molecule has 0 saturated heterocycles. The summed E-state index contributed by atoms with van der Waals surface area (Å²) in [6, 6.07) is 16.1. The second kappa shape index (κ2) is 10.9. The molecule has 160 valence electrons. The summed E-state index contributed by atoms with van der Waals surface area (Å²) in [4.78, 5) is 0. The Morgan fingerprint density at radius 2 is 1.24 bits per heavy atom. The predicted molar refractivity (Wildman–Crippen MR) is 118 cm³/mol. The van der Waals surface area contributed by atoms with Crippen molar-refractivity contribution in [1.82, 2.24) is 0 Å². The van der Waals surface area contributed by atoms with Crippen molar-refractivity contribution in [3.63, 3.8) is 0 Å². The highest BCUT2D eigenvalue weighted by molar-refractivity contribution is 6.18. The van der Waals surface area contributed by atoms with Gasteiger partial charge in [0.1, 0.15) is 30.8 Å². The zero-order valence-electron chi connectivity index (χ0n) is 17.8. The number of alkyl halides is 1. The van der Waals surface area contributed by atoms with Gasteiger partial charge >= 0.3 is 0 Å². The first kappa shape index (κ1) is 23.5. The highest BCUT2D eigenvalue weighted by Gasteiger charge is 2.32. The molecule has 5 heteroatoms. The van der Waals surface area contributed by atoms with Gasteiger partial charge in [-0.15, -0.1) is 11.6 Å². The van der Waals surface area contributed by atoms with Crippen molar-refractivity contribution in [2.45, 2.75) is 51.7 Å². The van der Waals surface area contributed by atoms with Crippen LogP contribution >= 0.6 is 11.6 Å². The maximum absolute atomic E-state index is 9.67. The molecule has 3 atom stereocenters. The van der Waals surface area contributed by atoms with E-state index in [2.05, 4.69) is 45.0 Å². The Morgan fingerprint density at radius 3 is 1.59 bits per heavy atom. The predicted octanol–water partition coefficient (Wildman–Crippen LogP) is 4.78. The van der Waals surface area contributed by atoms with E-state index in [1.807, 2.05) is 31.2 Å². The lowest BCUT2D eigenvalue weighted by atomic mass is 9.68. The van der Waals surface area contributed by atoms with Gasteiger partial charge in [0.15, 0.2) is 0 Å². The van der Waals surface area contributed by atoms with Crippen LogP contribution in [0.2, 0.25) is 0 Å². The van der Waals surface area contributed by atoms with Crippen LogP contribution in [0.5, 0.6) is 11.5 Å². The summed E-state index contributed by atoms with van der Waals surface area (Å²) in [6.07, 6.45) is -0.438. The van der Waals surface area contributed by atoms with Crippen molar-refractivity contribution in [2.75, 3.05) is 19.1 Å². The van der Waals surface area contributed by atoms with Crippen LogP contribution in [0, 0.1) is 5.92 Å². The molecule has 3 unspecified atom stereocenters. The molecule has 0 spiro atoms.